The maximum atomic E-state index is 12.3. The zero-order valence-electron chi connectivity index (χ0n) is 11.3. The lowest BCUT2D eigenvalue weighted by atomic mass is 9.99. The van der Waals surface area contributed by atoms with E-state index in [2.05, 4.69) is 10.3 Å². The molecule has 1 fully saturated rings. The van der Waals surface area contributed by atoms with Crippen LogP contribution in [0.15, 0.2) is 30.3 Å². The van der Waals surface area contributed by atoms with Crippen LogP contribution in [0.1, 0.15) is 12.1 Å². The molecule has 2 aromatic rings. The van der Waals surface area contributed by atoms with E-state index >= 15 is 0 Å². The number of anilines is 1. The smallest absolute Gasteiger partial charge is 0.247 e. The number of nitrogens with one attached hydrogen (secondary N) is 1. The zero-order valence-corrected chi connectivity index (χ0v) is 11.3. The summed E-state index contributed by atoms with van der Waals surface area (Å²) in [5.74, 6) is -0.217. The van der Waals surface area contributed by atoms with Gasteiger partial charge in [-0.05, 0) is 25.5 Å². The number of nitrogens with zero attached hydrogens (tertiary/aromatic N) is 1. The fraction of sp³-hybridized carbons (Fsp3) is 0.333. The summed E-state index contributed by atoms with van der Waals surface area (Å²) in [4.78, 5) is 16.8. The van der Waals surface area contributed by atoms with Crippen molar-refractivity contribution in [2.75, 3.05) is 18.5 Å². The van der Waals surface area contributed by atoms with Crippen LogP contribution in [0.2, 0.25) is 0 Å². The van der Waals surface area contributed by atoms with Gasteiger partial charge in [0, 0.05) is 17.7 Å². The van der Waals surface area contributed by atoms with Crippen molar-refractivity contribution in [2.24, 2.45) is 5.73 Å². The highest BCUT2D eigenvalue weighted by atomic mass is 16.5. The van der Waals surface area contributed by atoms with E-state index in [0.717, 1.165) is 16.6 Å². The van der Waals surface area contributed by atoms with Gasteiger partial charge in [0.05, 0.1) is 17.8 Å². The van der Waals surface area contributed by atoms with Crippen LogP contribution >= 0.6 is 0 Å². The van der Waals surface area contributed by atoms with Crippen LogP contribution < -0.4 is 11.1 Å². The van der Waals surface area contributed by atoms with Gasteiger partial charge < -0.3 is 15.8 Å². The monoisotopic (exact) mass is 271 g/mol. The molecular weight excluding hydrogens is 254 g/mol. The summed E-state index contributed by atoms with van der Waals surface area (Å²) in [5, 5.41) is 3.88. The van der Waals surface area contributed by atoms with E-state index in [0.29, 0.717) is 18.7 Å². The Bertz CT molecular complexity index is 663. The summed E-state index contributed by atoms with van der Waals surface area (Å²) in [6.07, 6.45) is 0.538. The molecule has 5 nitrogen and oxygen atoms in total. The molecule has 104 valence electrons. The number of pyridine rings is 1. The summed E-state index contributed by atoms with van der Waals surface area (Å²) in [6.45, 7) is 2.71. The molecule has 1 amide bonds. The van der Waals surface area contributed by atoms with Crippen LogP contribution in [0.5, 0.6) is 0 Å². The van der Waals surface area contributed by atoms with Crippen LogP contribution in [-0.4, -0.2) is 29.6 Å². The highest BCUT2D eigenvalue weighted by Crippen LogP contribution is 2.24. The minimum absolute atomic E-state index is 0.217. The first-order valence-electron chi connectivity index (χ1n) is 6.63. The molecule has 1 atom stereocenters. The number of hydrogen-bond acceptors (Lipinski definition) is 4. The van der Waals surface area contributed by atoms with E-state index in [4.69, 9.17) is 10.5 Å². The van der Waals surface area contributed by atoms with Gasteiger partial charge in [-0.15, -0.1) is 0 Å². The number of aryl methyl sites for hydroxylation is 1. The Morgan fingerprint density at radius 3 is 3.00 bits per heavy atom. The molecule has 3 rings (SSSR count). The van der Waals surface area contributed by atoms with E-state index in [1.807, 2.05) is 37.3 Å². The maximum absolute atomic E-state index is 12.3. The van der Waals surface area contributed by atoms with Crippen LogP contribution in [0.4, 0.5) is 5.69 Å². The first-order valence-corrected chi connectivity index (χ1v) is 6.63. The van der Waals surface area contributed by atoms with Crippen molar-refractivity contribution in [3.63, 3.8) is 0 Å². The molecule has 2 heterocycles. The highest BCUT2D eigenvalue weighted by Gasteiger charge is 2.38. The number of nitrogens with two attached hydrogens (primary N) is 1. The predicted octanol–water partition coefficient (Wildman–Crippen LogP) is 1.60. The van der Waals surface area contributed by atoms with Gasteiger partial charge in [-0.3, -0.25) is 9.78 Å². The number of rotatable bonds is 2. The molecule has 0 radical (unpaired) electrons. The average Bonchev–Trinajstić information content (AvgIpc) is 2.88. The van der Waals surface area contributed by atoms with Gasteiger partial charge in [0.2, 0.25) is 5.91 Å². The number of benzene rings is 1. The summed E-state index contributed by atoms with van der Waals surface area (Å²) in [5.41, 5.74) is 7.51. The number of ether oxygens (including phenoxy) is 1. The van der Waals surface area contributed by atoms with Gasteiger partial charge in [-0.1, -0.05) is 18.2 Å². The molecular formula is C15H17N3O2. The molecule has 0 bridgehead atoms. The number of para-hydroxylation sites is 1. The third-order valence-corrected chi connectivity index (χ3v) is 3.61. The molecule has 0 aliphatic carbocycles. The molecule has 20 heavy (non-hydrogen) atoms. The Morgan fingerprint density at radius 1 is 1.40 bits per heavy atom. The van der Waals surface area contributed by atoms with Gasteiger partial charge in [0.1, 0.15) is 5.54 Å². The quantitative estimate of drug-likeness (QED) is 0.869. The maximum Gasteiger partial charge on any atom is 0.247 e. The Kier molecular flexibility index (Phi) is 3.16. The molecule has 1 saturated heterocycles. The van der Waals surface area contributed by atoms with Crippen LogP contribution in [0, 0.1) is 6.92 Å². The lowest BCUT2D eigenvalue weighted by molar-refractivity contribution is -0.121. The van der Waals surface area contributed by atoms with Crippen molar-refractivity contribution in [1.29, 1.82) is 0 Å². The molecule has 1 aromatic heterocycles. The Balaban J connectivity index is 1.94. The van der Waals surface area contributed by atoms with Crippen molar-refractivity contribution in [1.82, 2.24) is 4.98 Å². The zero-order chi connectivity index (χ0) is 14.2. The van der Waals surface area contributed by atoms with Gasteiger partial charge in [-0.2, -0.15) is 0 Å². The second kappa shape index (κ2) is 4.85. The van der Waals surface area contributed by atoms with Gasteiger partial charge in [0.25, 0.3) is 0 Å². The van der Waals surface area contributed by atoms with Gasteiger partial charge in [0.15, 0.2) is 0 Å². The Labute approximate surface area is 117 Å². The number of fused-ring (bicyclic) bond motifs is 1. The van der Waals surface area contributed by atoms with Gasteiger partial charge in [-0.25, -0.2) is 0 Å². The standard InChI is InChI=1S/C15H17N3O2/c1-10-5-6-11-3-2-4-12(13(11)17-10)18-14(19)15(16)7-8-20-9-15/h2-6H,7-9,16H2,1H3,(H,18,19). The van der Waals surface area contributed by atoms with Crippen LogP contribution in [0.25, 0.3) is 10.9 Å². The molecule has 1 aromatic carbocycles. The van der Waals surface area contributed by atoms with Crippen molar-refractivity contribution in [2.45, 2.75) is 18.9 Å². The fourth-order valence-corrected chi connectivity index (χ4v) is 2.35. The molecule has 5 heteroatoms. The average molecular weight is 271 g/mol. The molecule has 1 unspecified atom stereocenters. The highest BCUT2D eigenvalue weighted by molar-refractivity contribution is 6.04. The number of carbonyl (C=O) groups is 1. The molecule has 0 spiro atoms. The molecule has 0 saturated carbocycles. The van der Waals surface area contributed by atoms with E-state index in [-0.39, 0.29) is 12.5 Å². The summed E-state index contributed by atoms with van der Waals surface area (Å²) in [7, 11) is 0. The van der Waals surface area contributed by atoms with Crippen LogP contribution in [0.3, 0.4) is 0 Å². The number of amides is 1. The van der Waals surface area contributed by atoms with Gasteiger partial charge >= 0.3 is 0 Å². The van der Waals surface area contributed by atoms with Crippen molar-refractivity contribution in [3.05, 3.63) is 36.0 Å². The minimum atomic E-state index is -0.939. The second-order valence-electron chi connectivity index (χ2n) is 5.24. The number of hydrogen-bond donors (Lipinski definition) is 2. The van der Waals surface area contributed by atoms with E-state index in [1.165, 1.54) is 0 Å². The van der Waals surface area contributed by atoms with Crippen LogP contribution in [-0.2, 0) is 9.53 Å². The first kappa shape index (κ1) is 13.0. The lowest BCUT2D eigenvalue weighted by Gasteiger charge is -2.21. The van der Waals surface area contributed by atoms with E-state index in [9.17, 15) is 4.79 Å². The first-order chi connectivity index (χ1) is 9.58. The molecule has 3 N–H and O–H groups in total. The third kappa shape index (κ3) is 2.26. The largest absolute Gasteiger partial charge is 0.379 e. The van der Waals surface area contributed by atoms with E-state index in [1.54, 1.807) is 0 Å². The summed E-state index contributed by atoms with van der Waals surface area (Å²) < 4.78 is 5.22. The van der Waals surface area contributed by atoms with Crippen molar-refractivity contribution in [3.8, 4) is 0 Å². The Hall–Kier alpha value is -1.98. The second-order valence-corrected chi connectivity index (χ2v) is 5.24. The number of carbonyl (C=O) groups excluding carboxylic acids is 1. The molecule has 1 aliphatic heterocycles. The van der Waals surface area contributed by atoms with E-state index < -0.39 is 5.54 Å². The molecule has 1 aliphatic rings. The normalized spacial score (nSPS) is 22.1. The minimum Gasteiger partial charge on any atom is -0.379 e. The summed E-state index contributed by atoms with van der Waals surface area (Å²) >= 11 is 0. The third-order valence-electron chi connectivity index (χ3n) is 3.61. The predicted molar refractivity (Wildman–Crippen MR) is 77.5 cm³/mol. The van der Waals surface area contributed by atoms with Crippen molar-refractivity contribution >= 4 is 22.5 Å². The lowest BCUT2D eigenvalue weighted by Crippen LogP contribution is -2.51. The SMILES string of the molecule is Cc1ccc2cccc(NC(=O)C3(N)CCOC3)c2n1. The fourth-order valence-electron chi connectivity index (χ4n) is 2.35. The summed E-state index contributed by atoms with van der Waals surface area (Å²) in [6, 6.07) is 9.64. The topological polar surface area (TPSA) is 77.2 Å². The Morgan fingerprint density at radius 2 is 2.25 bits per heavy atom. The number of aromatic nitrogens is 1. The van der Waals surface area contributed by atoms with Crippen molar-refractivity contribution < 1.29 is 9.53 Å².